The van der Waals surface area contributed by atoms with Crippen molar-refractivity contribution in [2.45, 2.75) is 61.4 Å². The summed E-state index contributed by atoms with van der Waals surface area (Å²) in [5.74, 6) is -0.710. The van der Waals surface area contributed by atoms with E-state index < -0.39 is 22.1 Å². The van der Waals surface area contributed by atoms with Crippen LogP contribution in [-0.2, 0) is 27.4 Å². The van der Waals surface area contributed by atoms with Gasteiger partial charge in [-0.2, -0.15) is 0 Å². The molecule has 0 aliphatic carbocycles. The highest BCUT2D eigenvalue weighted by Crippen LogP contribution is 2.42. The van der Waals surface area contributed by atoms with E-state index in [1.165, 1.54) is 0 Å². The molecule has 0 aromatic heterocycles. The van der Waals surface area contributed by atoms with Gasteiger partial charge in [0, 0.05) is 30.6 Å². The van der Waals surface area contributed by atoms with Crippen molar-refractivity contribution in [2.24, 2.45) is 5.92 Å². The predicted octanol–water partition coefficient (Wildman–Crippen LogP) is 7.68. The maximum Gasteiger partial charge on any atom is 0.272 e. The van der Waals surface area contributed by atoms with Crippen molar-refractivity contribution in [3.8, 4) is 11.1 Å². The van der Waals surface area contributed by atoms with Gasteiger partial charge in [0.1, 0.15) is 0 Å². The molecule has 1 amide bonds. The molecular weight excluding hydrogens is 671 g/mol. The highest BCUT2D eigenvalue weighted by Gasteiger charge is 2.39. The molecule has 3 N–H and O–H groups in total. The number of nitrogens with one attached hydrogen (secondary N) is 1. The molecule has 1 aliphatic heterocycles. The number of halogens is 3. The smallest absolute Gasteiger partial charge is 0.272 e. The summed E-state index contributed by atoms with van der Waals surface area (Å²) in [7, 11) is 2.01. The van der Waals surface area contributed by atoms with Crippen LogP contribution in [0.5, 0.6) is 0 Å². The maximum atomic E-state index is 12.1. The fourth-order valence-electron chi connectivity index (χ4n) is 5.96. The lowest BCUT2D eigenvalue weighted by Gasteiger charge is -2.43. The number of ether oxygens (including phenoxy) is 2. The van der Waals surface area contributed by atoms with Gasteiger partial charge < -0.3 is 25.0 Å². The first-order valence-corrected chi connectivity index (χ1v) is 17.1. The number of nitrogens with zero attached hydrogens (tertiary/aromatic N) is 1. The normalized spacial score (nSPS) is 21.1. The highest BCUT2D eigenvalue weighted by molar-refractivity contribution is 6.76. The Labute approximate surface area is 297 Å². The van der Waals surface area contributed by atoms with Gasteiger partial charge in [-0.3, -0.25) is 9.69 Å². The molecule has 0 bridgehead atoms. The second-order valence-corrected chi connectivity index (χ2v) is 14.6. The topological polar surface area (TPSA) is 91.3 Å². The van der Waals surface area contributed by atoms with Crippen molar-refractivity contribution < 1.29 is 24.5 Å². The van der Waals surface area contributed by atoms with E-state index in [-0.39, 0.29) is 37.3 Å². The van der Waals surface area contributed by atoms with Crippen LogP contribution in [0, 0.1) is 5.92 Å². The largest absolute Gasteiger partial charge is 0.392 e. The van der Waals surface area contributed by atoms with Crippen LogP contribution in [0.25, 0.3) is 11.1 Å². The number of amides is 1. The number of hydrogen-bond acceptors (Lipinski definition) is 6. The van der Waals surface area contributed by atoms with Gasteiger partial charge in [-0.1, -0.05) is 133 Å². The lowest BCUT2D eigenvalue weighted by molar-refractivity contribution is -0.276. The summed E-state index contributed by atoms with van der Waals surface area (Å²) in [5.41, 5.74) is 6.29. The van der Waals surface area contributed by atoms with Crippen molar-refractivity contribution in [1.29, 1.82) is 0 Å². The van der Waals surface area contributed by atoms with E-state index in [1.807, 2.05) is 117 Å². The quantitative estimate of drug-likeness (QED) is 0.138. The van der Waals surface area contributed by atoms with Crippen LogP contribution in [0.2, 0.25) is 0 Å². The minimum absolute atomic E-state index is 0.0208. The van der Waals surface area contributed by atoms with Crippen molar-refractivity contribution in [3.63, 3.8) is 0 Å². The number of aliphatic hydroxyl groups is 2. The van der Waals surface area contributed by atoms with Gasteiger partial charge in [0.2, 0.25) is 0 Å². The van der Waals surface area contributed by atoms with Gasteiger partial charge in [0.15, 0.2) is 6.29 Å². The number of hydrogen-bond donors (Lipinski definition) is 3. The average molecular weight is 712 g/mol. The van der Waals surface area contributed by atoms with Gasteiger partial charge in [-0.05, 0) is 59.5 Å². The summed E-state index contributed by atoms with van der Waals surface area (Å²) in [6.07, 6.45) is -1.83. The second kappa shape index (κ2) is 16.2. The number of carbonyl (C=O) groups excluding carboxylic acids is 1. The number of carbonyl (C=O) groups is 1. The van der Waals surface area contributed by atoms with Crippen LogP contribution >= 0.6 is 34.8 Å². The Bertz CT molecular complexity index is 1650. The SMILES string of the molecule is C[C@@H]1[C@H](CN(C)[C@H](C)[C@@H](O)c2ccccc2)O[C@H](c2cccc(-c3cccc(CNC(=O)C(Cl)(Cl)Cl)c3)c2)O[C@@H]1c1ccc(CO)cc1. The molecule has 1 heterocycles. The lowest BCUT2D eigenvalue weighted by atomic mass is 9.89. The number of benzene rings is 4. The molecule has 48 heavy (non-hydrogen) atoms. The summed E-state index contributed by atoms with van der Waals surface area (Å²) in [5, 5.41) is 23.4. The number of rotatable bonds is 11. The number of likely N-dealkylation sites (N-methyl/N-ethyl adjacent to an activating group) is 1. The molecule has 1 saturated heterocycles. The monoisotopic (exact) mass is 710 g/mol. The highest BCUT2D eigenvalue weighted by atomic mass is 35.6. The molecule has 4 aromatic rings. The zero-order valence-electron chi connectivity index (χ0n) is 27.1. The van der Waals surface area contributed by atoms with E-state index in [0.717, 1.165) is 38.9 Å². The molecule has 0 spiro atoms. The first kappa shape index (κ1) is 36.3. The molecular formula is C38H41Cl3N2O5. The minimum Gasteiger partial charge on any atom is -0.392 e. The van der Waals surface area contributed by atoms with Gasteiger partial charge in [0.05, 0.1) is 24.9 Å². The van der Waals surface area contributed by atoms with Crippen LogP contribution < -0.4 is 5.32 Å². The summed E-state index contributed by atoms with van der Waals surface area (Å²) < 4.78 is 11.4. The molecule has 10 heteroatoms. The third-order valence-corrected chi connectivity index (χ3v) is 9.53. The Morgan fingerprint density at radius 3 is 2.21 bits per heavy atom. The molecule has 6 atom stereocenters. The minimum atomic E-state index is -2.03. The van der Waals surface area contributed by atoms with Crippen LogP contribution in [0.3, 0.4) is 0 Å². The standard InChI is InChI=1S/C38H41Cl3N2O5/c1-24-33(22-43(3)25(2)34(45)28-10-5-4-6-11-28)47-36(48-35(24)29-17-15-26(23-44)16-18-29)32-14-8-13-31(20-32)30-12-7-9-27(19-30)21-42-37(46)38(39,40)41/h4-20,24-25,33-36,44-45H,21-23H2,1-3H3,(H,42,46)/t24-,25-,33+,34-,35+,36+/m1/s1. The van der Waals surface area contributed by atoms with Crippen LogP contribution in [-0.4, -0.2) is 50.6 Å². The molecule has 0 saturated carbocycles. The average Bonchev–Trinajstić information content (AvgIpc) is 3.11. The zero-order chi connectivity index (χ0) is 34.4. The third-order valence-electron chi connectivity index (χ3n) is 9.01. The summed E-state index contributed by atoms with van der Waals surface area (Å²) in [4.78, 5) is 14.2. The Morgan fingerprint density at radius 1 is 0.875 bits per heavy atom. The molecule has 0 unspecified atom stereocenters. The third kappa shape index (κ3) is 8.97. The number of alkyl halides is 3. The van der Waals surface area contributed by atoms with Crippen molar-refractivity contribution in [2.75, 3.05) is 13.6 Å². The van der Waals surface area contributed by atoms with Crippen molar-refractivity contribution >= 4 is 40.7 Å². The second-order valence-electron chi connectivity index (χ2n) is 12.4. The van der Waals surface area contributed by atoms with Crippen molar-refractivity contribution in [3.05, 3.63) is 131 Å². The summed E-state index contributed by atoms with van der Waals surface area (Å²) in [6, 6.07) is 33.1. The van der Waals surface area contributed by atoms with Crippen molar-refractivity contribution in [1.82, 2.24) is 10.2 Å². The first-order valence-electron chi connectivity index (χ1n) is 15.9. The molecule has 5 rings (SSSR count). The lowest BCUT2D eigenvalue weighted by Crippen LogP contribution is -2.46. The van der Waals surface area contributed by atoms with E-state index in [1.54, 1.807) is 0 Å². The van der Waals surface area contributed by atoms with E-state index >= 15 is 0 Å². The van der Waals surface area contributed by atoms with E-state index in [4.69, 9.17) is 44.3 Å². The molecule has 7 nitrogen and oxygen atoms in total. The molecule has 1 aliphatic rings. The molecule has 254 valence electrons. The van der Waals surface area contributed by atoms with Crippen LogP contribution in [0.15, 0.2) is 103 Å². The molecule has 1 fully saturated rings. The van der Waals surface area contributed by atoms with Crippen LogP contribution in [0.4, 0.5) is 0 Å². The van der Waals surface area contributed by atoms with Gasteiger partial charge >= 0.3 is 0 Å². The van der Waals surface area contributed by atoms with Crippen LogP contribution in [0.1, 0.15) is 60.2 Å². The predicted molar refractivity (Wildman–Crippen MR) is 190 cm³/mol. The van der Waals surface area contributed by atoms with E-state index in [9.17, 15) is 15.0 Å². The molecule has 4 aromatic carbocycles. The fourth-order valence-corrected chi connectivity index (χ4v) is 6.16. The van der Waals surface area contributed by atoms with E-state index in [2.05, 4.69) is 17.1 Å². The Balaban J connectivity index is 1.39. The Hall–Kier alpha value is -2.98. The van der Waals surface area contributed by atoms with Gasteiger partial charge in [-0.15, -0.1) is 0 Å². The van der Waals surface area contributed by atoms with Gasteiger partial charge in [0.25, 0.3) is 9.70 Å². The summed E-state index contributed by atoms with van der Waals surface area (Å²) in [6.45, 7) is 4.89. The maximum absolute atomic E-state index is 12.1. The summed E-state index contributed by atoms with van der Waals surface area (Å²) >= 11 is 17.1. The number of aliphatic hydroxyl groups excluding tert-OH is 2. The Morgan fingerprint density at radius 2 is 1.54 bits per heavy atom. The molecule has 0 radical (unpaired) electrons. The van der Waals surface area contributed by atoms with Gasteiger partial charge in [-0.25, -0.2) is 0 Å². The van der Waals surface area contributed by atoms with E-state index in [0.29, 0.717) is 6.54 Å². The first-order chi connectivity index (χ1) is 22.9. The zero-order valence-corrected chi connectivity index (χ0v) is 29.4. The Kier molecular flexibility index (Phi) is 12.2. The fraction of sp³-hybridized carbons (Fsp3) is 0.342.